The Labute approximate surface area is 150 Å². The van der Waals surface area contributed by atoms with Gasteiger partial charge in [-0.1, -0.05) is 24.3 Å². The minimum atomic E-state index is -0.0323. The van der Waals surface area contributed by atoms with Crippen LogP contribution in [0.25, 0.3) is 21.8 Å². The number of pyridine rings is 2. The zero-order chi connectivity index (χ0) is 17.9. The van der Waals surface area contributed by atoms with Crippen molar-refractivity contribution in [3.63, 3.8) is 0 Å². The number of hydrogen-bond acceptors (Lipinski definition) is 5. The Morgan fingerprint density at radius 1 is 1.04 bits per heavy atom. The standard InChI is InChI=1S/C21H17N3O2/c1-26-17-10-15-6-4-8-22-21(15)19(11-17)24-13-20(25)16-9-14-5-2-3-7-18(14)23-12-16/h2-12,24H,13H2,1H3. The number of methoxy groups -OCH3 is 1. The van der Waals surface area contributed by atoms with E-state index in [2.05, 4.69) is 15.3 Å². The number of carbonyl (C=O) groups excluding carboxylic acids is 1. The largest absolute Gasteiger partial charge is 0.497 e. The van der Waals surface area contributed by atoms with E-state index in [-0.39, 0.29) is 12.3 Å². The summed E-state index contributed by atoms with van der Waals surface area (Å²) >= 11 is 0. The first kappa shape index (κ1) is 16.0. The van der Waals surface area contributed by atoms with Crippen molar-refractivity contribution in [2.24, 2.45) is 0 Å². The molecule has 5 nitrogen and oxygen atoms in total. The van der Waals surface area contributed by atoms with Crippen LogP contribution in [0.5, 0.6) is 5.75 Å². The molecule has 2 aromatic carbocycles. The summed E-state index contributed by atoms with van der Waals surface area (Å²) in [4.78, 5) is 21.4. The number of anilines is 1. The Morgan fingerprint density at radius 2 is 1.88 bits per heavy atom. The molecule has 5 heteroatoms. The summed E-state index contributed by atoms with van der Waals surface area (Å²) in [5.41, 5.74) is 3.02. The van der Waals surface area contributed by atoms with Crippen molar-refractivity contribution in [3.05, 3.63) is 72.6 Å². The van der Waals surface area contributed by atoms with Gasteiger partial charge in [-0.3, -0.25) is 14.8 Å². The van der Waals surface area contributed by atoms with Gasteiger partial charge < -0.3 is 10.1 Å². The quantitative estimate of drug-likeness (QED) is 0.553. The molecule has 0 bridgehead atoms. The van der Waals surface area contributed by atoms with E-state index in [4.69, 9.17) is 4.74 Å². The first-order valence-corrected chi connectivity index (χ1v) is 8.29. The van der Waals surface area contributed by atoms with E-state index in [1.165, 1.54) is 0 Å². The van der Waals surface area contributed by atoms with Gasteiger partial charge in [-0.25, -0.2) is 0 Å². The summed E-state index contributed by atoms with van der Waals surface area (Å²) in [5, 5.41) is 5.09. The molecule has 4 aromatic rings. The minimum Gasteiger partial charge on any atom is -0.497 e. The fourth-order valence-corrected chi connectivity index (χ4v) is 2.92. The van der Waals surface area contributed by atoms with Crippen molar-refractivity contribution in [1.29, 1.82) is 0 Å². The van der Waals surface area contributed by atoms with Crippen LogP contribution in [-0.2, 0) is 0 Å². The van der Waals surface area contributed by atoms with Gasteiger partial charge in [0.2, 0.25) is 0 Å². The number of Topliss-reactive ketones (excluding diaryl/α,β-unsaturated/α-hetero) is 1. The first-order chi connectivity index (χ1) is 12.7. The predicted octanol–water partition coefficient (Wildman–Crippen LogP) is 4.09. The average molecular weight is 343 g/mol. The van der Waals surface area contributed by atoms with Gasteiger partial charge in [0.05, 0.1) is 30.4 Å². The van der Waals surface area contributed by atoms with Gasteiger partial charge in [0.1, 0.15) is 5.75 Å². The highest BCUT2D eigenvalue weighted by molar-refractivity contribution is 6.02. The average Bonchev–Trinajstić information content (AvgIpc) is 2.71. The van der Waals surface area contributed by atoms with Crippen molar-refractivity contribution >= 4 is 33.3 Å². The predicted molar refractivity (Wildman–Crippen MR) is 103 cm³/mol. The molecule has 26 heavy (non-hydrogen) atoms. The topological polar surface area (TPSA) is 64.1 Å². The number of nitrogens with zero attached hydrogens (tertiary/aromatic N) is 2. The van der Waals surface area contributed by atoms with Gasteiger partial charge in [-0.2, -0.15) is 0 Å². The highest BCUT2D eigenvalue weighted by Crippen LogP contribution is 2.27. The number of rotatable bonds is 5. The smallest absolute Gasteiger partial charge is 0.183 e. The van der Waals surface area contributed by atoms with E-state index in [9.17, 15) is 4.79 Å². The van der Waals surface area contributed by atoms with Crippen LogP contribution < -0.4 is 10.1 Å². The number of ketones is 1. The Hall–Kier alpha value is -3.47. The molecule has 128 valence electrons. The van der Waals surface area contributed by atoms with Crippen LogP contribution in [0.3, 0.4) is 0 Å². The molecule has 0 atom stereocenters. The van der Waals surface area contributed by atoms with E-state index >= 15 is 0 Å². The van der Waals surface area contributed by atoms with E-state index in [1.54, 1.807) is 19.5 Å². The molecule has 0 aliphatic carbocycles. The molecule has 0 fully saturated rings. The molecule has 0 saturated carbocycles. The normalized spacial score (nSPS) is 10.8. The Morgan fingerprint density at radius 3 is 2.77 bits per heavy atom. The molecule has 0 saturated heterocycles. The molecule has 2 aromatic heterocycles. The van der Waals surface area contributed by atoms with E-state index in [1.807, 2.05) is 54.6 Å². The number of nitrogens with one attached hydrogen (secondary N) is 1. The maximum absolute atomic E-state index is 12.6. The highest BCUT2D eigenvalue weighted by Gasteiger charge is 2.10. The van der Waals surface area contributed by atoms with Crippen LogP contribution in [0.1, 0.15) is 10.4 Å². The van der Waals surface area contributed by atoms with Gasteiger partial charge in [0.25, 0.3) is 0 Å². The molecule has 0 spiro atoms. The molecular weight excluding hydrogens is 326 g/mol. The number of carbonyl (C=O) groups is 1. The van der Waals surface area contributed by atoms with Crippen molar-refractivity contribution in [3.8, 4) is 5.75 Å². The van der Waals surface area contributed by atoms with Gasteiger partial charge in [0, 0.05) is 34.8 Å². The SMILES string of the molecule is COc1cc(NCC(=O)c2cnc3ccccc3c2)c2ncccc2c1. The third kappa shape index (κ3) is 3.07. The third-order valence-electron chi connectivity index (χ3n) is 4.27. The van der Waals surface area contributed by atoms with Crippen molar-refractivity contribution in [2.75, 3.05) is 19.0 Å². The van der Waals surface area contributed by atoms with E-state index < -0.39 is 0 Å². The van der Waals surface area contributed by atoms with Crippen molar-refractivity contribution in [1.82, 2.24) is 9.97 Å². The van der Waals surface area contributed by atoms with Gasteiger partial charge in [0.15, 0.2) is 5.78 Å². The molecule has 1 N–H and O–H groups in total. The Balaban J connectivity index is 1.60. The Kier molecular flexibility index (Phi) is 4.19. The zero-order valence-corrected chi connectivity index (χ0v) is 14.3. The number of fused-ring (bicyclic) bond motifs is 2. The van der Waals surface area contributed by atoms with Gasteiger partial charge >= 0.3 is 0 Å². The summed E-state index contributed by atoms with van der Waals surface area (Å²) in [5.74, 6) is 0.683. The van der Waals surface area contributed by atoms with Crippen LogP contribution in [-0.4, -0.2) is 29.4 Å². The Bertz CT molecular complexity index is 1110. The summed E-state index contributed by atoms with van der Waals surface area (Å²) in [6, 6.07) is 17.2. The lowest BCUT2D eigenvalue weighted by Gasteiger charge is -2.11. The van der Waals surface area contributed by atoms with E-state index in [0.29, 0.717) is 11.3 Å². The van der Waals surface area contributed by atoms with Gasteiger partial charge in [-0.15, -0.1) is 0 Å². The molecular formula is C21H17N3O2. The molecule has 0 unspecified atom stereocenters. The summed E-state index contributed by atoms with van der Waals surface area (Å²) in [7, 11) is 1.62. The highest BCUT2D eigenvalue weighted by atomic mass is 16.5. The summed E-state index contributed by atoms with van der Waals surface area (Å²) in [6.45, 7) is 0.152. The maximum atomic E-state index is 12.6. The van der Waals surface area contributed by atoms with Crippen LogP contribution >= 0.6 is 0 Å². The molecule has 4 rings (SSSR count). The van der Waals surface area contributed by atoms with Gasteiger partial charge in [-0.05, 0) is 24.3 Å². The fourth-order valence-electron chi connectivity index (χ4n) is 2.92. The molecule has 2 heterocycles. The second kappa shape index (κ2) is 6.80. The van der Waals surface area contributed by atoms with Crippen molar-refractivity contribution in [2.45, 2.75) is 0 Å². The fraction of sp³-hybridized carbons (Fsp3) is 0.0952. The monoisotopic (exact) mass is 343 g/mol. The second-order valence-corrected chi connectivity index (χ2v) is 5.94. The van der Waals surface area contributed by atoms with Crippen molar-refractivity contribution < 1.29 is 9.53 Å². The van der Waals surface area contributed by atoms with Crippen LogP contribution in [0.2, 0.25) is 0 Å². The number of hydrogen-bond donors (Lipinski definition) is 1. The van der Waals surface area contributed by atoms with E-state index in [0.717, 1.165) is 27.5 Å². The molecule has 0 amide bonds. The lowest BCUT2D eigenvalue weighted by Crippen LogP contribution is -2.14. The molecule has 0 aliphatic heterocycles. The number of ether oxygens (including phenoxy) is 1. The maximum Gasteiger partial charge on any atom is 0.183 e. The zero-order valence-electron chi connectivity index (χ0n) is 14.3. The second-order valence-electron chi connectivity index (χ2n) is 5.94. The lowest BCUT2D eigenvalue weighted by molar-refractivity contribution is 0.101. The number of para-hydroxylation sites is 1. The van der Waals surface area contributed by atoms with Crippen LogP contribution in [0, 0.1) is 0 Å². The molecule has 0 radical (unpaired) electrons. The lowest BCUT2D eigenvalue weighted by atomic mass is 10.1. The third-order valence-corrected chi connectivity index (χ3v) is 4.27. The van der Waals surface area contributed by atoms with Crippen LogP contribution in [0.15, 0.2) is 67.0 Å². The molecule has 0 aliphatic rings. The minimum absolute atomic E-state index is 0.0323. The number of benzene rings is 2. The summed E-state index contributed by atoms with van der Waals surface area (Å²) in [6.07, 6.45) is 3.35. The summed E-state index contributed by atoms with van der Waals surface area (Å²) < 4.78 is 5.34. The van der Waals surface area contributed by atoms with Crippen LogP contribution in [0.4, 0.5) is 5.69 Å². The number of aromatic nitrogens is 2. The first-order valence-electron chi connectivity index (χ1n) is 8.29.